The minimum Gasteiger partial charge on any atom is -0.466 e. The fourth-order valence-electron chi connectivity index (χ4n) is 5.28. The van der Waals surface area contributed by atoms with Crippen LogP contribution < -0.4 is 10.1 Å². The third kappa shape index (κ3) is 6.34. The molecular formula is C25H35FN4O2S2. The molecule has 5 rings (SSSR count). The van der Waals surface area contributed by atoms with Crippen molar-refractivity contribution in [1.82, 2.24) is 20.2 Å². The molecule has 6 nitrogen and oxygen atoms in total. The highest BCUT2D eigenvalue weighted by atomic mass is 32.1. The van der Waals surface area contributed by atoms with Gasteiger partial charge in [-0.15, -0.1) is 11.3 Å². The molecule has 186 valence electrons. The molecule has 2 aromatic heterocycles. The maximum atomic E-state index is 13.0. The highest BCUT2D eigenvalue weighted by molar-refractivity contribution is 7.13. The van der Waals surface area contributed by atoms with Crippen molar-refractivity contribution in [2.24, 2.45) is 5.92 Å². The van der Waals surface area contributed by atoms with Gasteiger partial charge in [-0.3, -0.25) is 4.79 Å². The Kier molecular flexibility index (Phi) is 7.80. The van der Waals surface area contributed by atoms with Crippen molar-refractivity contribution >= 4 is 28.6 Å². The number of nitrogens with zero attached hydrogens (tertiary/aromatic N) is 3. The van der Waals surface area contributed by atoms with Crippen molar-refractivity contribution in [3.05, 3.63) is 26.7 Å². The Labute approximate surface area is 209 Å². The van der Waals surface area contributed by atoms with Gasteiger partial charge in [0.25, 0.3) is 5.19 Å². The van der Waals surface area contributed by atoms with Gasteiger partial charge in [0.2, 0.25) is 5.91 Å². The van der Waals surface area contributed by atoms with E-state index in [0.29, 0.717) is 25.3 Å². The summed E-state index contributed by atoms with van der Waals surface area (Å²) < 4.78 is 18.9. The second kappa shape index (κ2) is 11.0. The molecule has 0 unspecified atom stereocenters. The Morgan fingerprint density at radius 1 is 1.21 bits per heavy atom. The third-order valence-electron chi connectivity index (χ3n) is 7.45. The van der Waals surface area contributed by atoms with E-state index in [1.807, 2.05) is 13.1 Å². The van der Waals surface area contributed by atoms with Crippen molar-refractivity contribution in [3.63, 3.8) is 0 Å². The monoisotopic (exact) mass is 506 g/mol. The maximum Gasteiger partial charge on any atom is 0.273 e. The zero-order chi connectivity index (χ0) is 23.5. The molecule has 2 saturated carbocycles. The van der Waals surface area contributed by atoms with Crippen LogP contribution in [0.3, 0.4) is 0 Å². The third-order valence-corrected chi connectivity index (χ3v) is 9.41. The van der Waals surface area contributed by atoms with Gasteiger partial charge in [-0.2, -0.15) is 0 Å². The molecule has 1 aliphatic heterocycles. The first-order valence-electron chi connectivity index (χ1n) is 12.7. The fourth-order valence-corrected chi connectivity index (χ4v) is 7.09. The molecule has 0 atom stereocenters. The Hall–Kier alpha value is -1.58. The zero-order valence-corrected chi connectivity index (χ0v) is 21.6. The zero-order valence-electron chi connectivity index (χ0n) is 19.9. The Morgan fingerprint density at radius 3 is 2.74 bits per heavy atom. The van der Waals surface area contributed by atoms with Gasteiger partial charge in [-0.05, 0) is 57.9 Å². The van der Waals surface area contributed by atoms with Crippen LogP contribution in [0.1, 0.15) is 65.4 Å². The molecule has 0 spiro atoms. The van der Waals surface area contributed by atoms with Crippen LogP contribution in [-0.2, 0) is 24.1 Å². The van der Waals surface area contributed by atoms with E-state index in [-0.39, 0.29) is 12.0 Å². The lowest BCUT2D eigenvalue weighted by atomic mass is 9.84. The van der Waals surface area contributed by atoms with Crippen LogP contribution in [0.15, 0.2) is 6.20 Å². The van der Waals surface area contributed by atoms with Gasteiger partial charge in [-0.25, -0.2) is 14.4 Å². The molecule has 2 aromatic rings. The average Bonchev–Trinajstić information content (AvgIpc) is 3.33. The summed E-state index contributed by atoms with van der Waals surface area (Å²) in [6.45, 7) is 5.24. The molecule has 1 amide bonds. The molecule has 0 bridgehead atoms. The van der Waals surface area contributed by atoms with Crippen molar-refractivity contribution in [2.45, 2.75) is 89.4 Å². The summed E-state index contributed by atoms with van der Waals surface area (Å²) >= 11 is 3.27. The van der Waals surface area contributed by atoms with Gasteiger partial charge in [0.05, 0.1) is 17.1 Å². The van der Waals surface area contributed by atoms with Crippen molar-refractivity contribution < 1.29 is 13.9 Å². The number of aromatic nitrogens is 2. The lowest BCUT2D eigenvalue weighted by Crippen LogP contribution is -2.38. The summed E-state index contributed by atoms with van der Waals surface area (Å²) in [7, 11) is 0. The van der Waals surface area contributed by atoms with Gasteiger partial charge in [0.1, 0.15) is 12.3 Å². The first-order chi connectivity index (χ1) is 16.5. The van der Waals surface area contributed by atoms with Crippen LogP contribution in [0, 0.1) is 12.8 Å². The summed E-state index contributed by atoms with van der Waals surface area (Å²) in [6.07, 6.45) is 10.5. The number of halogens is 1. The number of carbonyl (C=O) groups excluding carboxylic acids is 1. The minimum atomic E-state index is -0.691. The predicted octanol–water partition coefficient (Wildman–Crippen LogP) is 4.50. The number of hydrogen-bond donors (Lipinski definition) is 1. The molecule has 0 radical (unpaired) electrons. The van der Waals surface area contributed by atoms with Crippen molar-refractivity contribution in [3.8, 4) is 5.19 Å². The standard InChI is InChI=1S/C25H35FN4O2S2/c1-16-27-15-21(33-16)14-24(31)28-19-4-2-17(3-5-19)6-9-30-10-7-22-23(8-11-30)34-25(29-22)32-20-12-18(26)13-20/h15,17-20H,2-14H2,1H3,(H,28,31). The molecule has 3 aliphatic rings. The number of ether oxygens (including phenoxy) is 1. The molecule has 1 N–H and O–H groups in total. The topological polar surface area (TPSA) is 67.4 Å². The van der Waals surface area contributed by atoms with Crippen LogP contribution in [0.2, 0.25) is 0 Å². The van der Waals surface area contributed by atoms with E-state index in [2.05, 4.69) is 15.2 Å². The smallest absolute Gasteiger partial charge is 0.273 e. The van der Waals surface area contributed by atoms with Gasteiger partial charge >= 0.3 is 0 Å². The second-order valence-electron chi connectivity index (χ2n) is 10.1. The van der Waals surface area contributed by atoms with Gasteiger partial charge in [0.15, 0.2) is 0 Å². The van der Waals surface area contributed by atoms with Crippen LogP contribution in [0.5, 0.6) is 5.19 Å². The number of rotatable bonds is 8. The van der Waals surface area contributed by atoms with E-state index in [1.54, 1.807) is 22.7 Å². The summed E-state index contributed by atoms with van der Waals surface area (Å²) in [6, 6.07) is 0.324. The SMILES string of the molecule is Cc1ncc(CC(=O)NC2CCC(CCN3CCc4nc(OC5CC(F)C5)sc4CC3)CC2)s1. The largest absolute Gasteiger partial charge is 0.466 e. The van der Waals surface area contributed by atoms with E-state index in [9.17, 15) is 9.18 Å². The van der Waals surface area contributed by atoms with Crippen molar-refractivity contribution in [2.75, 3.05) is 19.6 Å². The summed E-state index contributed by atoms with van der Waals surface area (Å²) in [5.41, 5.74) is 1.18. The summed E-state index contributed by atoms with van der Waals surface area (Å²) in [5.74, 6) is 0.889. The summed E-state index contributed by atoms with van der Waals surface area (Å²) in [4.78, 5) is 26.3. The van der Waals surface area contributed by atoms with Gasteiger partial charge in [-0.1, -0.05) is 11.3 Å². The molecular weight excluding hydrogens is 471 g/mol. The van der Waals surface area contributed by atoms with Gasteiger partial charge < -0.3 is 15.0 Å². The van der Waals surface area contributed by atoms with Crippen LogP contribution in [-0.4, -0.2) is 58.7 Å². The Balaban J connectivity index is 0.987. The molecule has 34 heavy (non-hydrogen) atoms. The normalized spacial score (nSPS) is 27.5. The van der Waals surface area contributed by atoms with E-state index >= 15 is 0 Å². The molecule has 2 fully saturated rings. The molecule has 9 heteroatoms. The minimum absolute atomic E-state index is 0.0206. The Morgan fingerprint density at radius 2 is 2.00 bits per heavy atom. The summed E-state index contributed by atoms with van der Waals surface area (Å²) in [5, 5.41) is 4.99. The number of nitrogens with one attached hydrogen (secondary N) is 1. The molecule has 2 aliphatic carbocycles. The number of carbonyl (C=O) groups is 1. The lowest BCUT2D eigenvalue weighted by Gasteiger charge is -2.30. The second-order valence-corrected chi connectivity index (χ2v) is 12.5. The number of alkyl halides is 1. The fraction of sp³-hybridized carbons (Fsp3) is 0.720. The number of hydrogen-bond acceptors (Lipinski definition) is 7. The van der Waals surface area contributed by atoms with E-state index in [4.69, 9.17) is 9.72 Å². The van der Waals surface area contributed by atoms with E-state index in [0.717, 1.165) is 66.3 Å². The molecule has 3 heterocycles. The number of thiazole rings is 2. The first kappa shape index (κ1) is 24.1. The number of aryl methyl sites for hydroxylation is 1. The van der Waals surface area contributed by atoms with Crippen LogP contribution in [0.25, 0.3) is 0 Å². The molecule has 0 aromatic carbocycles. The average molecular weight is 507 g/mol. The quantitative estimate of drug-likeness (QED) is 0.571. The lowest BCUT2D eigenvalue weighted by molar-refractivity contribution is -0.121. The van der Waals surface area contributed by atoms with Crippen molar-refractivity contribution in [1.29, 1.82) is 0 Å². The Bertz CT molecular complexity index is 941. The first-order valence-corrected chi connectivity index (χ1v) is 14.4. The van der Waals surface area contributed by atoms with E-state index < -0.39 is 6.17 Å². The maximum absolute atomic E-state index is 13.0. The number of fused-ring (bicyclic) bond motifs is 1. The highest BCUT2D eigenvalue weighted by Gasteiger charge is 2.32. The number of amides is 1. The highest BCUT2D eigenvalue weighted by Crippen LogP contribution is 2.34. The van der Waals surface area contributed by atoms with Gasteiger partial charge in [0, 0.05) is 54.3 Å². The predicted molar refractivity (Wildman–Crippen MR) is 134 cm³/mol. The van der Waals surface area contributed by atoms with Crippen LogP contribution in [0.4, 0.5) is 4.39 Å². The van der Waals surface area contributed by atoms with Crippen LogP contribution >= 0.6 is 22.7 Å². The molecule has 0 saturated heterocycles. The van der Waals surface area contributed by atoms with E-state index in [1.165, 1.54) is 29.8 Å².